The molecule has 0 aliphatic carbocycles. The van der Waals surface area contributed by atoms with Gasteiger partial charge in [-0.1, -0.05) is 12.1 Å². The second-order valence-corrected chi connectivity index (χ2v) is 5.82. The fraction of sp³-hybridized carbons (Fsp3) is 0.278. The van der Waals surface area contributed by atoms with E-state index in [9.17, 15) is 18.7 Å². The highest BCUT2D eigenvalue weighted by molar-refractivity contribution is 5.73. The largest absolute Gasteiger partial charge is 0.480 e. The van der Waals surface area contributed by atoms with Crippen molar-refractivity contribution in [2.75, 3.05) is 6.54 Å². The Morgan fingerprint density at radius 2 is 1.79 bits per heavy atom. The van der Waals surface area contributed by atoms with Gasteiger partial charge in [0.1, 0.15) is 29.2 Å². The maximum Gasteiger partial charge on any atom is 0.320 e. The van der Waals surface area contributed by atoms with Crippen LogP contribution in [0.3, 0.4) is 0 Å². The van der Waals surface area contributed by atoms with Crippen molar-refractivity contribution in [2.45, 2.75) is 25.4 Å². The molecule has 2 aromatic rings. The Labute approximate surface area is 138 Å². The van der Waals surface area contributed by atoms with Crippen LogP contribution in [0.2, 0.25) is 0 Å². The zero-order valence-corrected chi connectivity index (χ0v) is 12.9. The summed E-state index contributed by atoms with van der Waals surface area (Å²) in [6, 6.07) is 9.61. The number of carboxylic acids is 1. The maximum absolute atomic E-state index is 13.2. The molecule has 4 nitrogen and oxygen atoms in total. The molecule has 0 aromatic heterocycles. The fourth-order valence-electron chi connectivity index (χ4n) is 2.92. The zero-order chi connectivity index (χ0) is 17.1. The highest BCUT2D eigenvalue weighted by Gasteiger charge is 2.30. The molecular weight excluding hydrogens is 316 g/mol. The third kappa shape index (κ3) is 3.89. The molecule has 126 valence electrons. The highest BCUT2D eigenvalue weighted by Crippen LogP contribution is 2.25. The lowest BCUT2D eigenvalue weighted by molar-refractivity contribution is -0.142. The molecule has 0 bridgehead atoms. The van der Waals surface area contributed by atoms with Crippen LogP contribution in [0.15, 0.2) is 42.5 Å². The van der Waals surface area contributed by atoms with Gasteiger partial charge < -0.3 is 9.84 Å². The van der Waals surface area contributed by atoms with Crippen LogP contribution in [-0.4, -0.2) is 28.6 Å². The van der Waals surface area contributed by atoms with Gasteiger partial charge in [-0.05, 0) is 37.1 Å². The van der Waals surface area contributed by atoms with Crippen LogP contribution in [0.5, 0.6) is 11.5 Å². The van der Waals surface area contributed by atoms with E-state index in [1.807, 2.05) is 17.0 Å². The van der Waals surface area contributed by atoms with Crippen molar-refractivity contribution in [1.82, 2.24) is 4.90 Å². The average molecular weight is 333 g/mol. The summed E-state index contributed by atoms with van der Waals surface area (Å²) in [7, 11) is 0. The molecule has 0 saturated carbocycles. The lowest BCUT2D eigenvalue weighted by Gasteiger charge is -2.21. The number of likely N-dealkylation sites (tertiary alicyclic amines) is 1. The van der Waals surface area contributed by atoms with Gasteiger partial charge in [-0.15, -0.1) is 0 Å². The first kappa shape index (κ1) is 16.4. The number of aliphatic carboxylic acids is 1. The zero-order valence-electron chi connectivity index (χ0n) is 12.9. The van der Waals surface area contributed by atoms with Gasteiger partial charge in [-0.3, -0.25) is 9.69 Å². The predicted octanol–water partition coefficient (Wildman–Crippen LogP) is 3.81. The summed E-state index contributed by atoms with van der Waals surface area (Å²) in [6.07, 6.45) is 1.55. The molecule has 3 rings (SSSR count). The summed E-state index contributed by atoms with van der Waals surface area (Å²) in [6.45, 7) is 1.31. The van der Waals surface area contributed by atoms with Crippen LogP contribution in [0.25, 0.3) is 0 Å². The molecule has 0 radical (unpaired) electrons. The second kappa shape index (κ2) is 6.97. The number of nitrogens with zero attached hydrogens (tertiary/aromatic N) is 1. The molecule has 1 N–H and O–H groups in total. The van der Waals surface area contributed by atoms with Gasteiger partial charge in [-0.25, -0.2) is 8.78 Å². The summed E-state index contributed by atoms with van der Waals surface area (Å²) in [5.74, 6) is -1.64. The lowest BCUT2D eigenvalue weighted by atomic mass is 10.2. The predicted molar refractivity (Wildman–Crippen MR) is 83.9 cm³/mol. The van der Waals surface area contributed by atoms with Crippen LogP contribution in [0, 0.1) is 11.6 Å². The molecule has 1 fully saturated rings. The molecule has 24 heavy (non-hydrogen) atoms. The highest BCUT2D eigenvalue weighted by atomic mass is 19.1. The van der Waals surface area contributed by atoms with E-state index in [4.69, 9.17) is 4.74 Å². The van der Waals surface area contributed by atoms with E-state index in [2.05, 4.69) is 0 Å². The normalized spacial score (nSPS) is 17.8. The van der Waals surface area contributed by atoms with Crippen molar-refractivity contribution < 1.29 is 23.4 Å². The van der Waals surface area contributed by atoms with Gasteiger partial charge >= 0.3 is 5.97 Å². The van der Waals surface area contributed by atoms with E-state index in [1.165, 1.54) is 0 Å². The Hall–Kier alpha value is -2.47. The smallest absolute Gasteiger partial charge is 0.320 e. The van der Waals surface area contributed by atoms with Gasteiger partial charge in [0.25, 0.3) is 0 Å². The Kier molecular flexibility index (Phi) is 4.76. The third-order valence-corrected chi connectivity index (χ3v) is 4.03. The van der Waals surface area contributed by atoms with E-state index in [1.54, 1.807) is 12.1 Å². The minimum Gasteiger partial charge on any atom is -0.480 e. The van der Waals surface area contributed by atoms with Crippen molar-refractivity contribution in [3.63, 3.8) is 0 Å². The Morgan fingerprint density at radius 3 is 2.42 bits per heavy atom. The molecule has 2 aromatic carbocycles. The van der Waals surface area contributed by atoms with Crippen LogP contribution in [-0.2, 0) is 11.3 Å². The van der Waals surface area contributed by atoms with Crippen molar-refractivity contribution in [1.29, 1.82) is 0 Å². The average Bonchev–Trinajstić information content (AvgIpc) is 2.96. The molecule has 1 atom stereocenters. The number of halogens is 2. The third-order valence-electron chi connectivity index (χ3n) is 4.03. The van der Waals surface area contributed by atoms with Gasteiger partial charge in [0.2, 0.25) is 0 Å². The summed E-state index contributed by atoms with van der Waals surface area (Å²) in [5.41, 5.74) is 0.959. The van der Waals surface area contributed by atoms with Crippen molar-refractivity contribution in [3.8, 4) is 11.5 Å². The number of hydrogen-bond donors (Lipinski definition) is 1. The van der Waals surface area contributed by atoms with Gasteiger partial charge in [-0.2, -0.15) is 0 Å². The van der Waals surface area contributed by atoms with E-state index in [-0.39, 0.29) is 5.75 Å². The number of carbonyl (C=O) groups is 1. The van der Waals surface area contributed by atoms with Crippen molar-refractivity contribution >= 4 is 5.97 Å². The van der Waals surface area contributed by atoms with Crippen LogP contribution >= 0.6 is 0 Å². The SMILES string of the molecule is O=C(O)[C@H]1CCCN1Cc1ccc(Oc2cc(F)cc(F)c2)cc1. The quantitative estimate of drug-likeness (QED) is 0.904. The first-order valence-corrected chi connectivity index (χ1v) is 7.71. The summed E-state index contributed by atoms with van der Waals surface area (Å²) >= 11 is 0. The standard InChI is InChI=1S/C18H17F2NO3/c19-13-8-14(20)10-16(9-13)24-15-5-3-12(4-6-15)11-21-7-1-2-17(21)18(22)23/h3-6,8-10,17H,1-2,7,11H2,(H,22,23)/t17-/m1/s1. The second-order valence-electron chi connectivity index (χ2n) is 5.82. The Balaban J connectivity index is 1.66. The number of carboxylic acid groups (broad SMARTS) is 1. The topological polar surface area (TPSA) is 49.8 Å². The van der Waals surface area contributed by atoms with Gasteiger partial charge in [0.05, 0.1) is 0 Å². The van der Waals surface area contributed by atoms with E-state index >= 15 is 0 Å². The molecule has 1 saturated heterocycles. The minimum absolute atomic E-state index is 0.0886. The maximum atomic E-state index is 13.2. The first-order chi connectivity index (χ1) is 11.5. The molecule has 0 unspecified atom stereocenters. The number of ether oxygens (including phenoxy) is 1. The van der Waals surface area contributed by atoms with Crippen LogP contribution in [0.1, 0.15) is 18.4 Å². The summed E-state index contributed by atoms with van der Waals surface area (Å²) < 4.78 is 31.7. The molecule has 6 heteroatoms. The summed E-state index contributed by atoms with van der Waals surface area (Å²) in [4.78, 5) is 13.1. The molecule has 0 spiro atoms. The first-order valence-electron chi connectivity index (χ1n) is 7.71. The minimum atomic E-state index is -0.791. The molecule has 1 heterocycles. The fourth-order valence-corrected chi connectivity index (χ4v) is 2.92. The number of benzene rings is 2. The molecule has 1 aliphatic heterocycles. The Bertz CT molecular complexity index is 713. The monoisotopic (exact) mass is 333 g/mol. The molecule has 1 aliphatic rings. The lowest BCUT2D eigenvalue weighted by Crippen LogP contribution is -2.35. The van der Waals surface area contributed by atoms with E-state index in [0.717, 1.165) is 36.7 Å². The number of hydrogen-bond acceptors (Lipinski definition) is 3. The van der Waals surface area contributed by atoms with Crippen molar-refractivity contribution in [2.24, 2.45) is 0 Å². The molecule has 0 amide bonds. The Morgan fingerprint density at radius 1 is 1.12 bits per heavy atom. The van der Waals surface area contributed by atoms with Crippen LogP contribution in [0.4, 0.5) is 8.78 Å². The van der Waals surface area contributed by atoms with E-state index < -0.39 is 23.6 Å². The van der Waals surface area contributed by atoms with Gasteiger partial charge in [0, 0.05) is 24.7 Å². The van der Waals surface area contributed by atoms with E-state index in [0.29, 0.717) is 18.7 Å². The number of rotatable bonds is 5. The molecular formula is C18H17F2NO3. The van der Waals surface area contributed by atoms with Crippen LogP contribution < -0.4 is 4.74 Å². The summed E-state index contributed by atoms with van der Waals surface area (Å²) in [5, 5.41) is 9.19. The van der Waals surface area contributed by atoms with Gasteiger partial charge in [0.15, 0.2) is 0 Å². The van der Waals surface area contributed by atoms with Crippen molar-refractivity contribution in [3.05, 3.63) is 59.7 Å².